The fourth-order valence-electron chi connectivity index (χ4n) is 4.95. The third-order valence-electron chi connectivity index (χ3n) is 7.27. The number of anilines is 4. The highest BCUT2D eigenvalue weighted by atomic mass is 32.3. The van der Waals surface area contributed by atoms with E-state index in [1.165, 1.54) is 0 Å². The topological polar surface area (TPSA) is 114 Å². The molecule has 0 spiro atoms. The average Bonchev–Trinajstić information content (AvgIpc) is 3.01. The number of rotatable bonds is 10. The number of aromatic nitrogens is 1. The van der Waals surface area contributed by atoms with Crippen molar-refractivity contribution in [1.82, 2.24) is 9.71 Å². The van der Waals surface area contributed by atoms with E-state index < -0.39 is 16.1 Å². The number of fused-ring (bicyclic) bond motifs is 1. The molecule has 5 rings (SSSR count). The number of amides is 2. The lowest BCUT2D eigenvalue weighted by molar-refractivity contribution is 0.262. The first-order valence-electron chi connectivity index (χ1n) is 15.0. The fraction of sp³-hybridized carbons (Fsp3) is 0.222. The monoisotopic (exact) mass is 639 g/mol. The van der Waals surface area contributed by atoms with Gasteiger partial charge in [-0.05, 0) is 47.4 Å². The van der Waals surface area contributed by atoms with Crippen LogP contribution in [0.4, 0.5) is 27.7 Å². The predicted molar refractivity (Wildman–Crippen MR) is 191 cm³/mol. The number of carbonyl (C=O) groups excluding carboxylic acids is 1. The zero-order valence-electron chi connectivity index (χ0n) is 27.0. The summed E-state index contributed by atoms with van der Waals surface area (Å²) < 4.78 is 27.6. The van der Waals surface area contributed by atoms with Crippen LogP contribution in [0.5, 0.6) is 17.2 Å². The minimum Gasteiger partial charge on any atom is -0.494 e. The maximum Gasteiger partial charge on any atom is 0.323 e. The van der Waals surface area contributed by atoms with Crippen LogP contribution in [0.2, 0.25) is 0 Å². The van der Waals surface area contributed by atoms with Crippen LogP contribution in [0, 0.1) is 0 Å². The van der Waals surface area contributed by atoms with E-state index in [1.54, 1.807) is 31.9 Å². The number of carbonyl (C=O) groups is 1. The van der Waals surface area contributed by atoms with Crippen LogP contribution in [0.15, 0.2) is 97.2 Å². The maximum absolute atomic E-state index is 13.5. The van der Waals surface area contributed by atoms with Gasteiger partial charge in [0.05, 0.1) is 18.5 Å². The molecule has 0 bridgehead atoms. The Labute approximate surface area is 271 Å². The lowest BCUT2D eigenvalue weighted by Gasteiger charge is -2.25. The van der Waals surface area contributed by atoms with Crippen LogP contribution >= 0.6 is 0 Å². The first kappa shape index (κ1) is 32.5. The summed E-state index contributed by atoms with van der Waals surface area (Å²) in [5.74, 6) is 2.43. The molecule has 0 saturated carbocycles. The third kappa shape index (κ3) is 8.21. The van der Waals surface area contributed by atoms with Gasteiger partial charge in [-0.2, -0.15) is 0 Å². The fourth-order valence-corrected chi connectivity index (χ4v) is 5.50. The molecule has 4 N–H and O–H groups in total. The van der Waals surface area contributed by atoms with E-state index in [0.717, 1.165) is 27.6 Å². The number of nitrogens with zero attached hydrogens (tertiary/aromatic N) is 1. The molecule has 0 atom stereocenters. The van der Waals surface area contributed by atoms with E-state index >= 15 is 0 Å². The number of para-hydroxylation sites is 1. The summed E-state index contributed by atoms with van der Waals surface area (Å²) in [6, 6.07) is 28.3. The average molecular weight is 640 g/mol. The summed E-state index contributed by atoms with van der Waals surface area (Å²) in [6.45, 7) is 6.63. The normalized spacial score (nSPS) is 12.0. The Morgan fingerprint density at radius 2 is 1.54 bits per heavy atom. The van der Waals surface area contributed by atoms with Crippen molar-refractivity contribution in [2.75, 3.05) is 35.6 Å². The van der Waals surface area contributed by atoms with Crippen molar-refractivity contribution in [1.29, 1.82) is 0 Å². The van der Waals surface area contributed by atoms with Crippen LogP contribution in [-0.4, -0.2) is 34.8 Å². The van der Waals surface area contributed by atoms with Gasteiger partial charge in [-0.15, -0.1) is 0 Å². The third-order valence-corrected chi connectivity index (χ3v) is 8.19. The molecule has 0 unspecified atom stereocenters. The maximum atomic E-state index is 13.5. The second-order valence-electron chi connectivity index (χ2n) is 12.4. The Morgan fingerprint density at radius 1 is 0.848 bits per heavy atom. The lowest BCUT2D eigenvalue weighted by Crippen LogP contribution is -2.28. The Bertz CT molecular complexity index is 1900. The summed E-state index contributed by atoms with van der Waals surface area (Å²) in [5, 5.41) is 10.9. The number of hydrogen-bond acceptors (Lipinski definition) is 6. The van der Waals surface area contributed by atoms with Gasteiger partial charge in [0, 0.05) is 53.3 Å². The van der Waals surface area contributed by atoms with Gasteiger partial charge in [-0.1, -0.05) is 79.4 Å². The van der Waals surface area contributed by atoms with Crippen molar-refractivity contribution >= 4 is 49.8 Å². The molecule has 0 saturated heterocycles. The lowest BCUT2D eigenvalue weighted by atomic mass is 9.85. The molecule has 2 amide bonds. The second kappa shape index (κ2) is 13.6. The number of nitrogens with one attached hydrogen (secondary N) is 4. The second-order valence-corrected chi connectivity index (χ2v) is 15.4. The number of benzene rings is 4. The van der Waals surface area contributed by atoms with Crippen molar-refractivity contribution in [3.8, 4) is 17.2 Å². The number of hydrogen-bond donors (Lipinski definition) is 5. The highest BCUT2D eigenvalue weighted by molar-refractivity contribution is 7.99. The molecule has 1 aromatic heterocycles. The van der Waals surface area contributed by atoms with Gasteiger partial charge in [0.1, 0.15) is 23.1 Å². The molecule has 46 heavy (non-hydrogen) atoms. The molecule has 10 heteroatoms. The molecular formula is C36H41N5O4S. The Kier molecular flexibility index (Phi) is 9.60. The summed E-state index contributed by atoms with van der Waals surface area (Å²) in [4.78, 5) is 17.9. The smallest absolute Gasteiger partial charge is 0.323 e. The first-order chi connectivity index (χ1) is 21.9. The van der Waals surface area contributed by atoms with Gasteiger partial charge in [-0.3, -0.25) is 8.93 Å². The summed E-state index contributed by atoms with van der Waals surface area (Å²) in [7, 11) is -0.933. The van der Waals surface area contributed by atoms with E-state index in [-0.39, 0.29) is 5.41 Å². The minimum atomic E-state index is -2.49. The molecule has 0 aliphatic rings. The molecule has 1 heterocycles. The van der Waals surface area contributed by atoms with Gasteiger partial charge in [-0.25, -0.2) is 9.78 Å². The SMILES string of the molecule is COc1c(CN[SH](C)(C)=O)cc(C(C)(C)C)cc1NC(=O)Nc1ccc(Oc2ccnc(Nc3ccccc3)c2)c2ccccc12. The summed E-state index contributed by atoms with van der Waals surface area (Å²) in [5.41, 5.74) is 3.68. The van der Waals surface area contributed by atoms with Crippen LogP contribution in [0.25, 0.3) is 10.8 Å². The highest BCUT2D eigenvalue weighted by Gasteiger charge is 2.21. The minimum absolute atomic E-state index is 0.199. The van der Waals surface area contributed by atoms with Crippen molar-refractivity contribution in [2.45, 2.75) is 32.7 Å². The van der Waals surface area contributed by atoms with Crippen molar-refractivity contribution in [3.63, 3.8) is 0 Å². The number of methoxy groups -OCH3 is 1. The van der Waals surface area contributed by atoms with Gasteiger partial charge in [0.2, 0.25) is 0 Å². The highest BCUT2D eigenvalue weighted by Crippen LogP contribution is 2.37. The van der Waals surface area contributed by atoms with E-state index in [4.69, 9.17) is 9.47 Å². The Balaban J connectivity index is 1.39. The van der Waals surface area contributed by atoms with Crippen LogP contribution < -0.4 is 30.1 Å². The molecule has 240 valence electrons. The van der Waals surface area contributed by atoms with E-state index in [9.17, 15) is 9.00 Å². The number of ether oxygens (including phenoxy) is 2. The Hall–Kier alpha value is -4.93. The molecule has 0 radical (unpaired) electrons. The van der Waals surface area contributed by atoms with E-state index in [0.29, 0.717) is 41.0 Å². The molecule has 9 nitrogen and oxygen atoms in total. The van der Waals surface area contributed by atoms with E-state index in [1.807, 2.05) is 84.9 Å². The summed E-state index contributed by atoms with van der Waals surface area (Å²) in [6.07, 6.45) is 5.05. The molecule has 0 fully saturated rings. The molecule has 0 aliphatic heterocycles. The molecule has 0 aliphatic carbocycles. The zero-order valence-corrected chi connectivity index (χ0v) is 27.9. The van der Waals surface area contributed by atoms with E-state index in [2.05, 4.69) is 46.4 Å². The zero-order chi connectivity index (χ0) is 32.9. The van der Waals surface area contributed by atoms with Crippen LogP contribution in [0.3, 0.4) is 0 Å². The van der Waals surface area contributed by atoms with Gasteiger partial charge >= 0.3 is 6.03 Å². The van der Waals surface area contributed by atoms with Gasteiger partial charge < -0.3 is 25.4 Å². The van der Waals surface area contributed by atoms with Gasteiger partial charge in [0.15, 0.2) is 0 Å². The van der Waals surface area contributed by atoms with Crippen LogP contribution in [-0.2, 0) is 22.1 Å². The molecule has 4 aromatic carbocycles. The van der Waals surface area contributed by atoms with Crippen molar-refractivity contribution in [2.24, 2.45) is 0 Å². The number of urea groups is 1. The van der Waals surface area contributed by atoms with Crippen molar-refractivity contribution < 1.29 is 18.5 Å². The number of pyridine rings is 1. The largest absolute Gasteiger partial charge is 0.494 e. The predicted octanol–water partition coefficient (Wildman–Crippen LogP) is 8.00. The van der Waals surface area contributed by atoms with Crippen molar-refractivity contribution in [3.05, 3.63) is 108 Å². The number of thiol groups is 1. The molecule has 5 aromatic rings. The first-order valence-corrected chi connectivity index (χ1v) is 17.6. The standard InChI is InChI=1S/C36H41N5O4S/c1-36(2,3)25-20-24(23-38-46(5,6)43)34(44-4)31(21-25)41-35(42)40-30-16-17-32(29-15-11-10-14-28(29)30)45-27-18-19-37-33(22-27)39-26-12-8-7-9-13-26/h7-22,46H,23H2,1-6H3,(H,37,39)(H,38,43)(H2,40,41,42). The summed E-state index contributed by atoms with van der Waals surface area (Å²) >= 11 is 0. The van der Waals surface area contributed by atoms with Crippen LogP contribution in [0.1, 0.15) is 31.9 Å². The van der Waals surface area contributed by atoms with Gasteiger partial charge in [0.25, 0.3) is 0 Å². The molecular weight excluding hydrogens is 598 g/mol. The quantitative estimate of drug-likeness (QED) is 0.0990. The Morgan fingerprint density at radius 3 is 2.24 bits per heavy atom.